The van der Waals surface area contributed by atoms with Gasteiger partial charge in [-0.2, -0.15) is 0 Å². The molecule has 5 nitrogen and oxygen atoms in total. The van der Waals surface area contributed by atoms with E-state index in [0.717, 1.165) is 17.1 Å². The molecule has 0 bridgehead atoms. The van der Waals surface area contributed by atoms with Crippen molar-refractivity contribution < 1.29 is 19.1 Å². The standard InChI is InChI=1S/C17H21NO4/c1-3-21-17(20)14-6-4-13(5-7-14)16-9-8-15(22-16)11-18-10-12(2)19/h4-9,12,18-19H,3,10-11H2,1-2H3/t12-/m1/s1. The van der Waals surface area contributed by atoms with Gasteiger partial charge in [-0.3, -0.25) is 0 Å². The van der Waals surface area contributed by atoms with Gasteiger partial charge in [-0.1, -0.05) is 12.1 Å². The molecule has 118 valence electrons. The molecule has 2 rings (SSSR count). The van der Waals surface area contributed by atoms with Gasteiger partial charge in [0.1, 0.15) is 11.5 Å². The van der Waals surface area contributed by atoms with Crippen LogP contribution in [0.15, 0.2) is 40.8 Å². The van der Waals surface area contributed by atoms with Crippen molar-refractivity contribution in [3.63, 3.8) is 0 Å². The van der Waals surface area contributed by atoms with Crippen molar-refractivity contribution in [2.45, 2.75) is 26.5 Å². The van der Waals surface area contributed by atoms with E-state index in [4.69, 9.17) is 9.15 Å². The molecule has 2 aromatic rings. The van der Waals surface area contributed by atoms with Crippen LogP contribution in [0.4, 0.5) is 0 Å². The number of aliphatic hydroxyl groups excluding tert-OH is 1. The van der Waals surface area contributed by atoms with E-state index in [1.807, 2.05) is 24.3 Å². The highest BCUT2D eigenvalue weighted by Crippen LogP contribution is 2.22. The Kier molecular flexibility index (Phi) is 5.75. The highest BCUT2D eigenvalue weighted by atomic mass is 16.5. The summed E-state index contributed by atoms with van der Waals surface area (Å²) < 4.78 is 10.7. The number of hydrogen-bond acceptors (Lipinski definition) is 5. The van der Waals surface area contributed by atoms with Gasteiger partial charge in [-0.25, -0.2) is 4.79 Å². The summed E-state index contributed by atoms with van der Waals surface area (Å²) in [5.74, 6) is 1.21. The van der Waals surface area contributed by atoms with Crippen LogP contribution in [0.2, 0.25) is 0 Å². The summed E-state index contributed by atoms with van der Waals surface area (Å²) in [6, 6.07) is 10.9. The van der Waals surface area contributed by atoms with Crippen LogP contribution < -0.4 is 5.32 Å². The van der Waals surface area contributed by atoms with Crippen molar-refractivity contribution in [2.75, 3.05) is 13.2 Å². The van der Waals surface area contributed by atoms with E-state index in [-0.39, 0.29) is 12.1 Å². The maximum absolute atomic E-state index is 11.6. The van der Waals surface area contributed by atoms with E-state index in [9.17, 15) is 9.90 Å². The summed E-state index contributed by atoms with van der Waals surface area (Å²) in [6.45, 7) is 4.95. The molecular formula is C17H21NO4. The van der Waals surface area contributed by atoms with Gasteiger partial charge in [0.15, 0.2) is 0 Å². The molecule has 0 spiro atoms. The number of benzene rings is 1. The lowest BCUT2D eigenvalue weighted by Crippen LogP contribution is -2.23. The predicted octanol–water partition coefficient (Wildman–Crippen LogP) is 2.59. The largest absolute Gasteiger partial charge is 0.462 e. The Balaban J connectivity index is 2.00. The Bertz CT molecular complexity index is 601. The first-order chi connectivity index (χ1) is 10.6. The number of ether oxygens (including phenoxy) is 1. The van der Waals surface area contributed by atoms with E-state index in [2.05, 4.69) is 5.32 Å². The minimum absolute atomic E-state index is 0.323. The molecule has 0 fully saturated rings. The smallest absolute Gasteiger partial charge is 0.338 e. The predicted molar refractivity (Wildman–Crippen MR) is 83.5 cm³/mol. The summed E-state index contributed by atoms with van der Waals surface area (Å²) in [5.41, 5.74) is 1.42. The van der Waals surface area contributed by atoms with Crippen LogP contribution in [0.1, 0.15) is 30.0 Å². The molecule has 1 heterocycles. The van der Waals surface area contributed by atoms with Crippen LogP contribution >= 0.6 is 0 Å². The minimum atomic E-state index is -0.384. The molecule has 0 aliphatic rings. The Morgan fingerprint density at radius 1 is 1.27 bits per heavy atom. The van der Waals surface area contributed by atoms with Crippen LogP contribution in [0.5, 0.6) is 0 Å². The first-order valence-electron chi connectivity index (χ1n) is 7.35. The summed E-state index contributed by atoms with van der Waals surface area (Å²) >= 11 is 0. The molecule has 1 atom stereocenters. The number of furan rings is 1. The molecule has 0 aliphatic heterocycles. The van der Waals surface area contributed by atoms with Crippen LogP contribution in [0, 0.1) is 0 Å². The molecule has 0 saturated heterocycles. The van der Waals surface area contributed by atoms with Gasteiger partial charge in [0, 0.05) is 12.1 Å². The molecule has 22 heavy (non-hydrogen) atoms. The number of esters is 1. The van der Waals surface area contributed by atoms with Gasteiger partial charge in [0.05, 0.1) is 24.8 Å². The molecule has 0 amide bonds. The van der Waals surface area contributed by atoms with Crippen molar-refractivity contribution in [3.8, 4) is 11.3 Å². The van der Waals surface area contributed by atoms with Crippen molar-refractivity contribution in [1.29, 1.82) is 0 Å². The van der Waals surface area contributed by atoms with E-state index in [1.165, 1.54) is 0 Å². The minimum Gasteiger partial charge on any atom is -0.462 e. The van der Waals surface area contributed by atoms with Gasteiger partial charge in [0.25, 0.3) is 0 Å². The van der Waals surface area contributed by atoms with Crippen molar-refractivity contribution >= 4 is 5.97 Å². The monoisotopic (exact) mass is 303 g/mol. The van der Waals surface area contributed by atoms with Crippen LogP contribution in [0.3, 0.4) is 0 Å². The van der Waals surface area contributed by atoms with Crippen molar-refractivity contribution in [2.24, 2.45) is 0 Å². The zero-order valence-corrected chi connectivity index (χ0v) is 12.8. The number of carbonyl (C=O) groups is 1. The second-order valence-electron chi connectivity index (χ2n) is 5.04. The number of hydrogen-bond donors (Lipinski definition) is 2. The van der Waals surface area contributed by atoms with Crippen molar-refractivity contribution in [1.82, 2.24) is 5.32 Å². The summed E-state index contributed by atoms with van der Waals surface area (Å²) in [7, 11) is 0. The SMILES string of the molecule is CCOC(=O)c1ccc(-c2ccc(CNC[C@@H](C)O)o2)cc1. The second-order valence-corrected chi connectivity index (χ2v) is 5.04. The maximum Gasteiger partial charge on any atom is 0.338 e. The average molecular weight is 303 g/mol. The van der Waals surface area contributed by atoms with E-state index >= 15 is 0 Å². The molecule has 0 radical (unpaired) electrons. The second kappa shape index (κ2) is 7.77. The topological polar surface area (TPSA) is 71.7 Å². The molecule has 0 aliphatic carbocycles. The number of aliphatic hydroxyl groups is 1. The number of carbonyl (C=O) groups excluding carboxylic acids is 1. The molecule has 2 N–H and O–H groups in total. The first-order valence-corrected chi connectivity index (χ1v) is 7.35. The Morgan fingerprint density at radius 2 is 2.00 bits per heavy atom. The first kappa shape index (κ1) is 16.3. The van der Waals surface area contributed by atoms with Crippen LogP contribution in [0.25, 0.3) is 11.3 Å². The van der Waals surface area contributed by atoms with E-state index in [0.29, 0.717) is 25.3 Å². The third-order valence-corrected chi connectivity index (χ3v) is 3.08. The highest BCUT2D eigenvalue weighted by molar-refractivity contribution is 5.89. The lowest BCUT2D eigenvalue weighted by atomic mass is 10.1. The Morgan fingerprint density at radius 3 is 2.64 bits per heavy atom. The van der Waals surface area contributed by atoms with Crippen LogP contribution in [-0.4, -0.2) is 30.3 Å². The lowest BCUT2D eigenvalue weighted by molar-refractivity contribution is 0.0526. The third kappa shape index (κ3) is 4.44. The molecular weight excluding hydrogens is 282 g/mol. The molecule has 1 aromatic carbocycles. The Hall–Kier alpha value is -2.11. The number of nitrogens with one attached hydrogen (secondary N) is 1. The van der Waals surface area contributed by atoms with Crippen molar-refractivity contribution in [3.05, 3.63) is 47.7 Å². The summed E-state index contributed by atoms with van der Waals surface area (Å²) in [4.78, 5) is 11.6. The van der Waals surface area contributed by atoms with Gasteiger partial charge >= 0.3 is 5.97 Å². The van der Waals surface area contributed by atoms with Crippen LogP contribution in [-0.2, 0) is 11.3 Å². The fourth-order valence-electron chi connectivity index (χ4n) is 2.02. The molecule has 0 saturated carbocycles. The lowest BCUT2D eigenvalue weighted by Gasteiger charge is -2.05. The fraction of sp³-hybridized carbons (Fsp3) is 0.353. The molecule has 0 unspecified atom stereocenters. The van der Waals surface area contributed by atoms with E-state index < -0.39 is 0 Å². The fourth-order valence-corrected chi connectivity index (χ4v) is 2.02. The highest BCUT2D eigenvalue weighted by Gasteiger charge is 2.09. The summed E-state index contributed by atoms with van der Waals surface area (Å²) in [6.07, 6.45) is -0.384. The maximum atomic E-state index is 11.6. The third-order valence-electron chi connectivity index (χ3n) is 3.08. The van der Waals surface area contributed by atoms with Gasteiger partial charge in [-0.15, -0.1) is 0 Å². The van der Waals surface area contributed by atoms with Gasteiger partial charge in [0.2, 0.25) is 0 Å². The quantitative estimate of drug-likeness (QED) is 0.769. The Labute approximate surface area is 129 Å². The average Bonchev–Trinajstić information content (AvgIpc) is 2.96. The van der Waals surface area contributed by atoms with Gasteiger partial charge in [-0.05, 0) is 38.1 Å². The zero-order chi connectivity index (χ0) is 15.9. The van der Waals surface area contributed by atoms with Gasteiger partial charge < -0.3 is 19.6 Å². The molecule has 5 heteroatoms. The zero-order valence-electron chi connectivity index (χ0n) is 12.8. The number of rotatable bonds is 7. The normalized spacial score (nSPS) is 12.1. The van der Waals surface area contributed by atoms with E-state index in [1.54, 1.807) is 26.0 Å². The molecule has 1 aromatic heterocycles. The summed E-state index contributed by atoms with van der Waals surface area (Å²) in [5, 5.41) is 12.3.